The number of hydrogen-bond acceptors (Lipinski definition) is 5. The van der Waals surface area contributed by atoms with Crippen LogP contribution in [0.4, 0.5) is 0 Å². The summed E-state index contributed by atoms with van der Waals surface area (Å²) >= 11 is 1.44. The number of ether oxygens (including phenoxy) is 1. The normalized spacial score (nSPS) is 18.1. The molecule has 0 bridgehead atoms. The van der Waals surface area contributed by atoms with Crippen LogP contribution in [0.3, 0.4) is 0 Å². The van der Waals surface area contributed by atoms with Gasteiger partial charge in [0.05, 0.1) is 30.5 Å². The Bertz CT molecular complexity index is 642. The molecule has 1 saturated heterocycles. The van der Waals surface area contributed by atoms with Crippen molar-refractivity contribution >= 4 is 17.2 Å². The fourth-order valence-electron chi connectivity index (χ4n) is 2.71. The zero-order valence-corrected chi connectivity index (χ0v) is 13.7. The van der Waals surface area contributed by atoms with E-state index in [1.165, 1.54) is 16.9 Å². The number of thiazole rings is 1. The fraction of sp³-hybridized carbons (Fsp3) is 0.412. The summed E-state index contributed by atoms with van der Waals surface area (Å²) < 4.78 is 5.42. The van der Waals surface area contributed by atoms with Crippen molar-refractivity contribution in [2.45, 2.75) is 18.9 Å². The second-order valence-corrected chi connectivity index (χ2v) is 6.64. The molecule has 1 N–H and O–H groups in total. The first kappa shape index (κ1) is 16.1. The topological polar surface area (TPSA) is 62.7 Å². The first-order valence-corrected chi connectivity index (χ1v) is 8.58. The number of rotatable bonds is 5. The first-order valence-electron chi connectivity index (χ1n) is 7.76. The molecule has 0 radical (unpaired) electrons. The molecular formula is C17H20N2O3S. The molecule has 2 heterocycles. The molecule has 23 heavy (non-hydrogen) atoms. The summed E-state index contributed by atoms with van der Waals surface area (Å²) in [5.74, 6) is -0.0106. The van der Waals surface area contributed by atoms with Crippen molar-refractivity contribution in [3.63, 3.8) is 0 Å². The van der Waals surface area contributed by atoms with Crippen molar-refractivity contribution in [3.8, 4) is 0 Å². The van der Waals surface area contributed by atoms with Gasteiger partial charge >= 0.3 is 0 Å². The van der Waals surface area contributed by atoms with E-state index in [0.29, 0.717) is 31.1 Å². The van der Waals surface area contributed by atoms with E-state index in [9.17, 15) is 4.79 Å². The Labute approximate surface area is 139 Å². The summed E-state index contributed by atoms with van der Waals surface area (Å²) in [5, 5.41) is 10.1. The van der Waals surface area contributed by atoms with E-state index in [2.05, 4.69) is 17.1 Å². The maximum Gasteiger partial charge on any atom is 0.265 e. The van der Waals surface area contributed by atoms with E-state index in [1.807, 2.05) is 18.2 Å². The van der Waals surface area contributed by atoms with Crippen LogP contribution in [0.2, 0.25) is 0 Å². The predicted molar refractivity (Wildman–Crippen MR) is 88.7 cm³/mol. The third-order valence-electron chi connectivity index (χ3n) is 3.91. The van der Waals surface area contributed by atoms with E-state index >= 15 is 0 Å². The second kappa shape index (κ2) is 7.68. The van der Waals surface area contributed by atoms with E-state index in [1.54, 1.807) is 11.1 Å². The van der Waals surface area contributed by atoms with Gasteiger partial charge in [-0.2, -0.15) is 0 Å². The smallest absolute Gasteiger partial charge is 0.265 e. The van der Waals surface area contributed by atoms with Gasteiger partial charge in [-0.1, -0.05) is 30.3 Å². The maximum atomic E-state index is 12.7. The molecule has 1 amide bonds. The van der Waals surface area contributed by atoms with Crippen LogP contribution in [0, 0.1) is 0 Å². The van der Waals surface area contributed by atoms with Crippen molar-refractivity contribution in [2.24, 2.45) is 0 Å². The molecular weight excluding hydrogens is 312 g/mol. The minimum absolute atomic E-state index is 0.0106. The van der Waals surface area contributed by atoms with Gasteiger partial charge in [-0.3, -0.25) is 4.79 Å². The Balaban J connectivity index is 1.70. The summed E-state index contributed by atoms with van der Waals surface area (Å²) in [7, 11) is 0. The van der Waals surface area contributed by atoms with Gasteiger partial charge in [0.25, 0.3) is 5.91 Å². The lowest BCUT2D eigenvalue weighted by atomic mass is 10.1. The quantitative estimate of drug-likeness (QED) is 0.909. The monoisotopic (exact) mass is 332 g/mol. The molecule has 0 saturated carbocycles. The average molecular weight is 332 g/mol. The Morgan fingerprint density at radius 1 is 1.39 bits per heavy atom. The van der Waals surface area contributed by atoms with E-state index in [4.69, 9.17) is 9.84 Å². The first-order chi connectivity index (χ1) is 11.3. The highest BCUT2D eigenvalue weighted by molar-refractivity contribution is 7.13. The SMILES string of the molecule is O=C(c1cnc(Cc2ccccc2)s1)N1CCOC[C@@H]1CCO. The van der Waals surface area contributed by atoms with Crippen molar-refractivity contribution in [1.29, 1.82) is 0 Å². The minimum Gasteiger partial charge on any atom is -0.396 e. The van der Waals surface area contributed by atoms with Gasteiger partial charge in [-0.15, -0.1) is 11.3 Å². The van der Waals surface area contributed by atoms with Gasteiger partial charge in [0.15, 0.2) is 0 Å². The highest BCUT2D eigenvalue weighted by atomic mass is 32.1. The average Bonchev–Trinajstić information content (AvgIpc) is 3.04. The number of benzene rings is 1. The summed E-state index contributed by atoms with van der Waals surface area (Å²) in [6.07, 6.45) is 2.94. The molecule has 0 spiro atoms. The molecule has 1 aliphatic rings. The Kier molecular flexibility index (Phi) is 5.38. The van der Waals surface area contributed by atoms with Crippen molar-refractivity contribution < 1.29 is 14.6 Å². The lowest BCUT2D eigenvalue weighted by Gasteiger charge is -2.35. The van der Waals surface area contributed by atoms with Gasteiger partial charge in [0.2, 0.25) is 0 Å². The number of hydrogen-bond donors (Lipinski definition) is 1. The zero-order valence-electron chi connectivity index (χ0n) is 12.9. The molecule has 1 atom stereocenters. The Morgan fingerprint density at radius 2 is 2.22 bits per heavy atom. The number of carbonyl (C=O) groups excluding carboxylic acids is 1. The summed E-state index contributed by atoms with van der Waals surface area (Å²) in [4.78, 5) is 19.6. The van der Waals surface area contributed by atoms with Gasteiger partial charge in [-0.25, -0.2) is 4.98 Å². The van der Waals surface area contributed by atoms with Crippen molar-refractivity contribution in [3.05, 3.63) is 52.0 Å². The minimum atomic E-state index is -0.0547. The van der Waals surface area contributed by atoms with Gasteiger partial charge < -0.3 is 14.7 Å². The predicted octanol–water partition coefficient (Wildman–Crippen LogP) is 1.96. The standard InChI is InChI=1S/C17H20N2O3S/c20-8-6-14-12-22-9-7-19(14)17(21)15-11-18-16(23-15)10-13-4-2-1-3-5-13/h1-5,11,14,20H,6-10,12H2/t14-/m0/s1. The van der Waals surface area contributed by atoms with Crippen LogP contribution >= 0.6 is 11.3 Å². The molecule has 6 heteroatoms. The Morgan fingerprint density at radius 3 is 3.00 bits per heavy atom. The summed E-state index contributed by atoms with van der Waals surface area (Å²) in [5.41, 5.74) is 1.19. The number of morpholine rings is 1. The van der Waals surface area contributed by atoms with Crippen LogP contribution in [-0.2, 0) is 11.2 Å². The van der Waals surface area contributed by atoms with E-state index < -0.39 is 0 Å². The second-order valence-electron chi connectivity index (χ2n) is 5.52. The summed E-state index contributed by atoms with van der Waals surface area (Å²) in [6, 6.07) is 10.1. The van der Waals surface area contributed by atoms with Crippen molar-refractivity contribution in [2.75, 3.05) is 26.4 Å². The molecule has 3 rings (SSSR count). The van der Waals surface area contributed by atoms with Crippen LogP contribution in [0.15, 0.2) is 36.5 Å². The molecule has 122 valence electrons. The van der Waals surface area contributed by atoms with Gasteiger partial charge in [0, 0.05) is 19.6 Å². The molecule has 1 aromatic heterocycles. The molecule has 0 aliphatic carbocycles. The largest absolute Gasteiger partial charge is 0.396 e. The summed E-state index contributed by atoms with van der Waals surface area (Å²) in [6.45, 7) is 1.65. The lowest BCUT2D eigenvalue weighted by Crippen LogP contribution is -2.48. The van der Waals surface area contributed by atoms with Crippen LogP contribution in [0.25, 0.3) is 0 Å². The van der Waals surface area contributed by atoms with Crippen molar-refractivity contribution in [1.82, 2.24) is 9.88 Å². The third kappa shape index (κ3) is 3.96. The molecule has 5 nitrogen and oxygen atoms in total. The van der Waals surface area contributed by atoms with Crippen LogP contribution < -0.4 is 0 Å². The number of aliphatic hydroxyl groups is 1. The molecule has 1 aliphatic heterocycles. The number of amides is 1. The number of aromatic nitrogens is 1. The fourth-order valence-corrected chi connectivity index (χ4v) is 3.62. The molecule has 1 fully saturated rings. The highest BCUT2D eigenvalue weighted by Gasteiger charge is 2.28. The lowest BCUT2D eigenvalue weighted by molar-refractivity contribution is -0.00806. The van der Waals surface area contributed by atoms with E-state index in [-0.39, 0.29) is 18.6 Å². The highest BCUT2D eigenvalue weighted by Crippen LogP contribution is 2.21. The van der Waals surface area contributed by atoms with E-state index in [0.717, 1.165) is 11.4 Å². The zero-order chi connectivity index (χ0) is 16.1. The van der Waals surface area contributed by atoms with Crippen LogP contribution in [0.5, 0.6) is 0 Å². The van der Waals surface area contributed by atoms with Crippen LogP contribution in [0.1, 0.15) is 26.7 Å². The maximum absolute atomic E-state index is 12.7. The third-order valence-corrected chi connectivity index (χ3v) is 4.90. The molecule has 0 unspecified atom stereocenters. The Hall–Kier alpha value is -1.76. The molecule has 2 aromatic rings. The molecule has 1 aromatic carbocycles. The number of aliphatic hydroxyl groups excluding tert-OH is 1. The number of carbonyl (C=O) groups is 1. The number of nitrogens with zero attached hydrogens (tertiary/aromatic N) is 2. The van der Waals surface area contributed by atoms with Gasteiger partial charge in [0.1, 0.15) is 4.88 Å². The van der Waals surface area contributed by atoms with Crippen LogP contribution in [-0.4, -0.2) is 53.3 Å². The van der Waals surface area contributed by atoms with Gasteiger partial charge in [-0.05, 0) is 12.0 Å².